The molecular weight excluding hydrogens is 190 g/mol. The van der Waals surface area contributed by atoms with Crippen LogP contribution < -0.4 is 0 Å². The number of terminal acetylenes is 1. The Bertz CT molecular complexity index is 491. The Morgan fingerprint density at radius 2 is 2.14 bits per heavy atom. The van der Waals surface area contributed by atoms with E-state index in [2.05, 4.69) is 30.0 Å². The predicted octanol–water partition coefficient (Wildman–Crippen LogP) is 3.10. The van der Waals surface area contributed by atoms with Crippen LogP contribution in [0.3, 0.4) is 0 Å². The van der Waals surface area contributed by atoms with Crippen LogP contribution in [0.5, 0.6) is 0 Å². The summed E-state index contributed by atoms with van der Waals surface area (Å²) in [5, 5.41) is 0. The van der Waals surface area contributed by atoms with Crippen molar-refractivity contribution >= 4 is 11.3 Å². The van der Waals surface area contributed by atoms with Crippen LogP contribution in [0.2, 0.25) is 0 Å². The van der Waals surface area contributed by atoms with Crippen molar-refractivity contribution in [3.8, 4) is 22.9 Å². The largest absolute Gasteiger partial charge is 0.238 e. The van der Waals surface area contributed by atoms with Gasteiger partial charge in [0.15, 0.2) is 0 Å². The lowest BCUT2D eigenvalue weighted by Gasteiger charge is -1.96. The molecule has 2 aromatic rings. The van der Waals surface area contributed by atoms with Gasteiger partial charge in [-0.25, -0.2) is 4.98 Å². The first kappa shape index (κ1) is 8.98. The van der Waals surface area contributed by atoms with Crippen LogP contribution in [0.4, 0.5) is 0 Å². The van der Waals surface area contributed by atoms with Crippen LogP contribution in [0, 0.1) is 19.3 Å². The van der Waals surface area contributed by atoms with E-state index >= 15 is 0 Å². The summed E-state index contributed by atoms with van der Waals surface area (Å²) >= 11 is 1.73. The molecule has 0 N–H and O–H groups in total. The molecule has 0 fully saturated rings. The third-order valence-corrected chi connectivity index (χ3v) is 2.91. The highest BCUT2D eigenvalue weighted by Crippen LogP contribution is 2.25. The van der Waals surface area contributed by atoms with E-state index in [0.29, 0.717) is 5.69 Å². The molecule has 1 nitrogen and oxygen atoms in total. The molecule has 0 spiro atoms. The quantitative estimate of drug-likeness (QED) is 0.643. The summed E-state index contributed by atoms with van der Waals surface area (Å²) in [7, 11) is 0. The van der Waals surface area contributed by atoms with Crippen molar-refractivity contribution in [2.75, 3.05) is 0 Å². The zero-order chi connectivity index (χ0) is 9.97. The summed E-state index contributed by atoms with van der Waals surface area (Å²) in [6.45, 7) is 2.08. The first-order chi connectivity index (χ1) is 6.79. The molecule has 0 bridgehead atoms. The van der Waals surface area contributed by atoms with Gasteiger partial charge in [-0.1, -0.05) is 12.0 Å². The fourth-order valence-corrected chi connectivity index (χ4v) is 2.06. The van der Waals surface area contributed by atoms with Gasteiger partial charge in [-0.2, -0.15) is 0 Å². The Balaban J connectivity index is 2.47. The lowest BCUT2D eigenvalue weighted by atomic mass is 10.2. The maximum atomic E-state index is 5.29. The van der Waals surface area contributed by atoms with Crippen LogP contribution in [0.1, 0.15) is 10.6 Å². The molecule has 68 valence electrons. The molecule has 2 heteroatoms. The minimum atomic E-state index is 0.688. The van der Waals surface area contributed by atoms with Crippen LogP contribution in [0.15, 0.2) is 30.3 Å². The Kier molecular flexibility index (Phi) is 2.34. The SMILES string of the molecule is C#Cc1cccc(-c2ccc(C)s2)n1. The molecule has 2 rings (SSSR count). The van der Waals surface area contributed by atoms with Gasteiger partial charge in [0.05, 0.1) is 10.6 Å². The van der Waals surface area contributed by atoms with Crippen LogP contribution in [0.25, 0.3) is 10.6 Å². The van der Waals surface area contributed by atoms with Gasteiger partial charge < -0.3 is 0 Å². The van der Waals surface area contributed by atoms with Crippen LogP contribution in [-0.4, -0.2) is 4.98 Å². The van der Waals surface area contributed by atoms with Gasteiger partial charge in [-0.15, -0.1) is 17.8 Å². The second kappa shape index (κ2) is 3.65. The number of nitrogens with zero attached hydrogens (tertiary/aromatic N) is 1. The minimum absolute atomic E-state index is 0.688. The first-order valence-electron chi connectivity index (χ1n) is 4.30. The van der Waals surface area contributed by atoms with Gasteiger partial charge in [0.25, 0.3) is 0 Å². The van der Waals surface area contributed by atoms with Gasteiger partial charge >= 0.3 is 0 Å². The van der Waals surface area contributed by atoms with E-state index in [4.69, 9.17) is 6.42 Å². The van der Waals surface area contributed by atoms with Crippen molar-refractivity contribution in [3.63, 3.8) is 0 Å². The third-order valence-electron chi connectivity index (χ3n) is 1.89. The number of thiophene rings is 1. The number of aromatic nitrogens is 1. The number of hydrogen-bond acceptors (Lipinski definition) is 2. The highest BCUT2D eigenvalue weighted by molar-refractivity contribution is 7.15. The van der Waals surface area contributed by atoms with Crippen molar-refractivity contribution in [1.82, 2.24) is 4.98 Å². The minimum Gasteiger partial charge on any atom is -0.238 e. The Morgan fingerprint density at radius 1 is 1.29 bits per heavy atom. The molecule has 0 amide bonds. The Hall–Kier alpha value is -1.59. The topological polar surface area (TPSA) is 12.9 Å². The standard InChI is InChI=1S/C12H9NS/c1-3-10-5-4-6-11(13-10)12-8-7-9(2)14-12/h1,4-8H,2H3. The summed E-state index contributed by atoms with van der Waals surface area (Å²) < 4.78 is 0. The Morgan fingerprint density at radius 3 is 2.79 bits per heavy atom. The zero-order valence-electron chi connectivity index (χ0n) is 7.82. The van der Waals surface area contributed by atoms with Crippen molar-refractivity contribution in [3.05, 3.63) is 40.9 Å². The van der Waals surface area contributed by atoms with E-state index in [-0.39, 0.29) is 0 Å². The summed E-state index contributed by atoms with van der Waals surface area (Å²) in [4.78, 5) is 6.80. The summed E-state index contributed by atoms with van der Waals surface area (Å²) in [5.74, 6) is 2.54. The van der Waals surface area contributed by atoms with Gasteiger partial charge in [0, 0.05) is 4.88 Å². The summed E-state index contributed by atoms with van der Waals surface area (Å²) in [5.41, 5.74) is 1.65. The maximum Gasteiger partial charge on any atom is 0.113 e. The maximum absolute atomic E-state index is 5.29. The number of rotatable bonds is 1. The molecule has 2 heterocycles. The second-order valence-corrected chi connectivity index (χ2v) is 4.25. The van der Waals surface area contributed by atoms with E-state index in [1.165, 1.54) is 9.75 Å². The van der Waals surface area contributed by atoms with E-state index in [1.54, 1.807) is 11.3 Å². The zero-order valence-corrected chi connectivity index (χ0v) is 8.64. The lowest BCUT2D eigenvalue weighted by Crippen LogP contribution is -1.83. The molecule has 0 aliphatic carbocycles. The van der Waals surface area contributed by atoms with Crippen molar-refractivity contribution < 1.29 is 0 Å². The number of hydrogen-bond donors (Lipinski definition) is 0. The average molecular weight is 199 g/mol. The number of aryl methyl sites for hydroxylation is 1. The monoisotopic (exact) mass is 199 g/mol. The van der Waals surface area contributed by atoms with Gasteiger partial charge in [0.1, 0.15) is 5.69 Å². The molecule has 0 aliphatic rings. The van der Waals surface area contributed by atoms with Gasteiger partial charge in [-0.3, -0.25) is 0 Å². The second-order valence-electron chi connectivity index (χ2n) is 2.96. The van der Waals surface area contributed by atoms with Crippen LogP contribution >= 0.6 is 11.3 Å². The molecule has 14 heavy (non-hydrogen) atoms. The summed E-state index contributed by atoms with van der Waals surface area (Å²) in [6, 6.07) is 9.91. The van der Waals surface area contributed by atoms with Gasteiger partial charge in [-0.05, 0) is 31.2 Å². The molecule has 0 unspecified atom stereocenters. The highest BCUT2D eigenvalue weighted by atomic mass is 32.1. The fourth-order valence-electron chi connectivity index (χ4n) is 1.22. The average Bonchev–Trinajstić information content (AvgIpc) is 2.65. The van der Waals surface area contributed by atoms with E-state index in [9.17, 15) is 0 Å². The highest BCUT2D eigenvalue weighted by Gasteiger charge is 2.01. The molecule has 0 aromatic carbocycles. The smallest absolute Gasteiger partial charge is 0.113 e. The van der Waals surface area contributed by atoms with Crippen LogP contribution in [-0.2, 0) is 0 Å². The van der Waals surface area contributed by atoms with Crippen molar-refractivity contribution in [1.29, 1.82) is 0 Å². The first-order valence-corrected chi connectivity index (χ1v) is 5.12. The predicted molar refractivity (Wildman–Crippen MR) is 60.2 cm³/mol. The van der Waals surface area contributed by atoms with Gasteiger partial charge in [0.2, 0.25) is 0 Å². The number of pyridine rings is 1. The molecule has 0 radical (unpaired) electrons. The summed E-state index contributed by atoms with van der Waals surface area (Å²) in [6.07, 6.45) is 5.29. The molecule has 0 atom stereocenters. The Labute approximate surface area is 87.4 Å². The fraction of sp³-hybridized carbons (Fsp3) is 0.0833. The normalized spacial score (nSPS) is 9.71. The molecule has 0 aliphatic heterocycles. The molecular formula is C12H9NS. The lowest BCUT2D eigenvalue weighted by molar-refractivity contribution is 1.30. The van der Waals surface area contributed by atoms with E-state index < -0.39 is 0 Å². The molecule has 0 saturated carbocycles. The molecule has 0 saturated heterocycles. The van der Waals surface area contributed by atoms with E-state index in [0.717, 1.165) is 5.69 Å². The third kappa shape index (κ3) is 1.68. The van der Waals surface area contributed by atoms with Crippen molar-refractivity contribution in [2.24, 2.45) is 0 Å². The van der Waals surface area contributed by atoms with Crippen molar-refractivity contribution in [2.45, 2.75) is 6.92 Å². The molecule has 2 aromatic heterocycles. The van der Waals surface area contributed by atoms with E-state index in [1.807, 2.05) is 18.2 Å².